The minimum atomic E-state index is -0.798. The average molecular weight is 369 g/mol. The lowest BCUT2D eigenvalue weighted by molar-refractivity contribution is -0.138. The van der Waals surface area contributed by atoms with E-state index in [1.807, 2.05) is 45.4 Å². The lowest BCUT2D eigenvalue weighted by atomic mass is 10.2. The van der Waals surface area contributed by atoms with E-state index in [0.29, 0.717) is 13.1 Å². The molecule has 0 aliphatic heterocycles. The number of aliphatic carboxylic acids is 1. The average Bonchev–Trinajstić information content (AvgIpc) is 3.25. The Bertz CT molecular complexity index is 828. The largest absolute Gasteiger partial charge is 0.480 e. The molecule has 0 aliphatic rings. The highest BCUT2D eigenvalue weighted by molar-refractivity contribution is 7.13. The number of carboxylic acid groups (broad SMARTS) is 1. The van der Waals surface area contributed by atoms with Crippen LogP contribution in [0.3, 0.4) is 0 Å². The van der Waals surface area contributed by atoms with Crippen LogP contribution in [0.15, 0.2) is 54.0 Å². The van der Waals surface area contributed by atoms with Crippen LogP contribution < -0.4 is 0 Å². The van der Waals surface area contributed by atoms with Gasteiger partial charge in [0.05, 0.1) is 18.0 Å². The normalized spacial score (nSPS) is 11.2. The molecule has 0 unspecified atom stereocenters. The zero-order valence-electron chi connectivity index (χ0n) is 14.8. The van der Waals surface area contributed by atoms with Gasteiger partial charge in [-0.1, -0.05) is 43.3 Å². The van der Waals surface area contributed by atoms with Gasteiger partial charge >= 0.3 is 5.97 Å². The maximum Gasteiger partial charge on any atom is 0.317 e. The molecule has 3 rings (SSSR count). The second-order valence-electron chi connectivity index (χ2n) is 6.27. The summed E-state index contributed by atoms with van der Waals surface area (Å²) in [6, 6.07) is 14.3. The van der Waals surface area contributed by atoms with Gasteiger partial charge in [0.15, 0.2) is 0 Å². The third-order valence-corrected chi connectivity index (χ3v) is 4.95. The van der Waals surface area contributed by atoms with E-state index in [0.717, 1.165) is 29.1 Å². The highest BCUT2D eigenvalue weighted by atomic mass is 32.1. The van der Waals surface area contributed by atoms with E-state index in [1.54, 1.807) is 11.3 Å². The van der Waals surface area contributed by atoms with E-state index in [9.17, 15) is 9.90 Å². The zero-order chi connectivity index (χ0) is 18.4. The Kier molecular flexibility index (Phi) is 6.20. The molecule has 0 fully saturated rings. The highest BCUT2D eigenvalue weighted by Crippen LogP contribution is 2.28. The molecule has 1 aromatic carbocycles. The molecule has 136 valence electrons. The molecule has 2 heterocycles. The number of benzene rings is 1. The van der Waals surface area contributed by atoms with E-state index in [1.165, 1.54) is 5.56 Å². The summed E-state index contributed by atoms with van der Waals surface area (Å²) in [4.78, 5) is 14.2. The van der Waals surface area contributed by atoms with Gasteiger partial charge in [-0.3, -0.25) is 14.4 Å². The lowest BCUT2D eigenvalue weighted by Crippen LogP contribution is -2.30. The number of rotatable bonds is 9. The van der Waals surface area contributed by atoms with Crippen LogP contribution >= 0.6 is 11.3 Å². The molecule has 0 aliphatic carbocycles. The molecular weight excluding hydrogens is 346 g/mol. The first-order chi connectivity index (χ1) is 12.7. The predicted molar refractivity (Wildman–Crippen MR) is 104 cm³/mol. The van der Waals surface area contributed by atoms with Crippen LogP contribution in [0.4, 0.5) is 0 Å². The van der Waals surface area contributed by atoms with Crippen molar-refractivity contribution in [2.45, 2.75) is 26.4 Å². The van der Waals surface area contributed by atoms with Crippen molar-refractivity contribution in [3.05, 3.63) is 65.2 Å². The van der Waals surface area contributed by atoms with Crippen molar-refractivity contribution in [1.29, 1.82) is 0 Å². The number of aromatic nitrogens is 2. The van der Waals surface area contributed by atoms with Crippen LogP contribution in [0.2, 0.25) is 0 Å². The molecule has 0 saturated heterocycles. The fourth-order valence-corrected chi connectivity index (χ4v) is 3.76. The molecule has 0 atom stereocenters. The lowest BCUT2D eigenvalue weighted by Gasteiger charge is -2.19. The van der Waals surface area contributed by atoms with Gasteiger partial charge in [-0.25, -0.2) is 0 Å². The molecule has 5 nitrogen and oxygen atoms in total. The third-order valence-electron chi connectivity index (χ3n) is 4.07. The standard InChI is InChI=1S/C20H23N3O2S/c1-2-10-22(15-19(24)25)13-17-14-23(12-16-7-4-3-5-8-16)21-20(17)18-9-6-11-26-18/h3-9,11,14H,2,10,12-13,15H2,1H3,(H,24,25). The Morgan fingerprint density at radius 1 is 1.23 bits per heavy atom. The Morgan fingerprint density at radius 3 is 2.69 bits per heavy atom. The van der Waals surface area contributed by atoms with Gasteiger partial charge < -0.3 is 5.11 Å². The first kappa shape index (κ1) is 18.4. The van der Waals surface area contributed by atoms with Crippen molar-refractivity contribution in [3.63, 3.8) is 0 Å². The zero-order valence-corrected chi connectivity index (χ0v) is 15.7. The summed E-state index contributed by atoms with van der Waals surface area (Å²) < 4.78 is 1.95. The molecular formula is C20H23N3O2S. The number of nitrogens with zero attached hydrogens (tertiary/aromatic N) is 3. The molecule has 1 N–H and O–H groups in total. The molecule has 26 heavy (non-hydrogen) atoms. The van der Waals surface area contributed by atoms with E-state index in [-0.39, 0.29) is 6.54 Å². The van der Waals surface area contributed by atoms with Gasteiger partial charge in [0.1, 0.15) is 5.69 Å². The van der Waals surface area contributed by atoms with Gasteiger partial charge in [-0.05, 0) is 30.0 Å². The summed E-state index contributed by atoms with van der Waals surface area (Å²) in [5.74, 6) is -0.798. The topological polar surface area (TPSA) is 58.4 Å². The quantitative estimate of drug-likeness (QED) is 0.620. The third kappa shape index (κ3) is 4.80. The van der Waals surface area contributed by atoms with Crippen molar-refractivity contribution in [3.8, 4) is 10.6 Å². The van der Waals surface area contributed by atoms with E-state index in [2.05, 4.69) is 25.1 Å². The fourth-order valence-electron chi connectivity index (χ4n) is 3.01. The summed E-state index contributed by atoms with van der Waals surface area (Å²) in [5, 5.41) is 16.0. The van der Waals surface area contributed by atoms with Crippen LogP contribution in [0, 0.1) is 0 Å². The van der Waals surface area contributed by atoms with E-state index >= 15 is 0 Å². The smallest absolute Gasteiger partial charge is 0.317 e. The van der Waals surface area contributed by atoms with Crippen molar-refractivity contribution >= 4 is 17.3 Å². The summed E-state index contributed by atoms with van der Waals surface area (Å²) in [6.07, 6.45) is 2.96. The van der Waals surface area contributed by atoms with Crippen LogP contribution in [0.25, 0.3) is 10.6 Å². The summed E-state index contributed by atoms with van der Waals surface area (Å²) in [5.41, 5.74) is 3.20. The summed E-state index contributed by atoms with van der Waals surface area (Å²) >= 11 is 1.65. The summed E-state index contributed by atoms with van der Waals surface area (Å²) in [6.45, 7) is 4.14. The first-order valence-corrected chi connectivity index (χ1v) is 9.62. The Labute approximate surface area is 157 Å². The first-order valence-electron chi connectivity index (χ1n) is 8.74. The number of hydrogen-bond acceptors (Lipinski definition) is 4. The Morgan fingerprint density at radius 2 is 2.04 bits per heavy atom. The van der Waals surface area contributed by atoms with Crippen molar-refractivity contribution in [2.75, 3.05) is 13.1 Å². The van der Waals surface area contributed by atoms with Crippen LogP contribution in [0.1, 0.15) is 24.5 Å². The van der Waals surface area contributed by atoms with Crippen LogP contribution in [-0.2, 0) is 17.9 Å². The van der Waals surface area contributed by atoms with Gasteiger partial charge in [0.25, 0.3) is 0 Å². The minimum Gasteiger partial charge on any atom is -0.480 e. The molecule has 0 amide bonds. The predicted octanol–water partition coefficient (Wildman–Crippen LogP) is 3.96. The molecule has 0 saturated carbocycles. The van der Waals surface area contributed by atoms with Crippen LogP contribution in [0.5, 0.6) is 0 Å². The van der Waals surface area contributed by atoms with Crippen molar-refractivity contribution < 1.29 is 9.90 Å². The molecule has 0 bridgehead atoms. The van der Waals surface area contributed by atoms with Crippen molar-refractivity contribution in [1.82, 2.24) is 14.7 Å². The molecule has 2 aromatic heterocycles. The monoisotopic (exact) mass is 369 g/mol. The van der Waals surface area contributed by atoms with Crippen molar-refractivity contribution in [2.24, 2.45) is 0 Å². The van der Waals surface area contributed by atoms with E-state index in [4.69, 9.17) is 5.10 Å². The number of carbonyl (C=O) groups is 1. The maximum atomic E-state index is 11.2. The second kappa shape index (κ2) is 8.78. The number of carboxylic acids is 1. The second-order valence-corrected chi connectivity index (χ2v) is 7.22. The van der Waals surface area contributed by atoms with Gasteiger partial charge in [0.2, 0.25) is 0 Å². The maximum absolute atomic E-state index is 11.2. The molecule has 3 aromatic rings. The molecule has 0 spiro atoms. The van der Waals surface area contributed by atoms with E-state index < -0.39 is 5.97 Å². The number of hydrogen-bond donors (Lipinski definition) is 1. The Hall–Kier alpha value is -2.44. The minimum absolute atomic E-state index is 0.0432. The van der Waals surface area contributed by atoms with Crippen LogP contribution in [-0.4, -0.2) is 38.8 Å². The molecule has 0 radical (unpaired) electrons. The SMILES string of the molecule is CCCN(CC(=O)O)Cc1cn(Cc2ccccc2)nc1-c1cccs1. The molecule has 6 heteroatoms. The van der Waals surface area contributed by atoms with Gasteiger partial charge in [-0.2, -0.15) is 5.10 Å². The highest BCUT2D eigenvalue weighted by Gasteiger charge is 2.17. The summed E-state index contributed by atoms with van der Waals surface area (Å²) in [7, 11) is 0. The Balaban J connectivity index is 1.87. The number of thiophene rings is 1. The van der Waals surface area contributed by atoms with Gasteiger partial charge in [-0.15, -0.1) is 11.3 Å². The van der Waals surface area contributed by atoms with Gasteiger partial charge in [0, 0.05) is 18.3 Å². The fraction of sp³-hybridized carbons (Fsp3) is 0.300.